The van der Waals surface area contributed by atoms with Crippen LogP contribution in [0.25, 0.3) is 0 Å². The second-order valence-electron chi connectivity index (χ2n) is 14.7. The van der Waals surface area contributed by atoms with Gasteiger partial charge in [0.05, 0.1) is 45.7 Å². The lowest BCUT2D eigenvalue weighted by molar-refractivity contribution is -0.0908. The van der Waals surface area contributed by atoms with Gasteiger partial charge in [-0.1, -0.05) is 36.8 Å². The van der Waals surface area contributed by atoms with Crippen LogP contribution in [-0.4, -0.2) is 89.9 Å². The number of benzene rings is 3. The van der Waals surface area contributed by atoms with Crippen LogP contribution < -0.4 is 14.2 Å². The summed E-state index contributed by atoms with van der Waals surface area (Å²) in [6, 6.07) is 18.7. The Bertz CT molecular complexity index is 1670. The van der Waals surface area contributed by atoms with Crippen molar-refractivity contribution < 1.29 is 39.4 Å². The van der Waals surface area contributed by atoms with Gasteiger partial charge in [0.2, 0.25) is 0 Å². The van der Waals surface area contributed by atoms with E-state index in [0.29, 0.717) is 67.0 Å². The summed E-state index contributed by atoms with van der Waals surface area (Å²) in [7, 11) is 4.79. The average Bonchev–Trinajstić information content (AvgIpc) is 3.38. The minimum atomic E-state index is -1.21. The van der Waals surface area contributed by atoms with E-state index in [1.54, 1.807) is 45.6 Å². The number of carbonyl (C=O) groups is 1. The maximum Gasteiger partial charge on any atom is 0.193 e. The van der Waals surface area contributed by atoms with Gasteiger partial charge < -0.3 is 34.6 Å². The lowest BCUT2D eigenvalue weighted by Crippen LogP contribution is -2.53. The maximum atomic E-state index is 14.4. The third-order valence-corrected chi connectivity index (χ3v) is 11.3. The van der Waals surface area contributed by atoms with Crippen molar-refractivity contribution in [3.63, 3.8) is 0 Å². The number of ketones is 1. The van der Waals surface area contributed by atoms with E-state index >= 15 is 0 Å². The Kier molecular flexibility index (Phi) is 12.6. The number of aliphatic hydroxyl groups excluding tert-OH is 3. The molecule has 0 unspecified atom stereocenters. The number of aliphatic hydroxyl groups is 4. The molecule has 5 atom stereocenters. The molecule has 9 heteroatoms. The lowest BCUT2D eigenvalue weighted by atomic mass is 9.64. The Labute approximate surface area is 302 Å². The predicted octanol–water partition coefficient (Wildman–Crippen LogP) is 5.84. The molecule has 1 fully saturated rings. The van der Waals surface area contributed by atoms with Crippen molar-refractivity contribution in [2.24, 2.45) is 5.41 Å². The van der Waals surface area contributed by atoms with Crippen LogP contribution in [0.5, 0.6) is 17.2 Å². The van der Waals surface area contributed by atoms with E-state index in [0.717, 1.165) is 29.5 Å². The highest BCUT2D eigenvalue weighted by Gasteiger charge is 2.57. The second-order valence-corrected chi connectivity index (χ2v) is 14.7. The molecule has 276 valence electrons. The molecule has 1 saturated carbocycles. The number of fused-ring (bicyclic) bond motifs is 8. The molecule has 0 aliphatic heterocycles. The zero-order valence-electron chi connectivity index (χ0n) is 30.7. The zero-order chi connectivity index (χ0) is 36.8. The van der Waals surface area contributed by atoms with Crippen LogP contribution in [0.2, 0.25) is 0 Å². The standard InChI is InChI=1S/C42H55NO8/c1-28-7-6-19-41(2)38(18-20-42(41,48)27-43(25-33(46)26-44)24-31-12-16-35(50-4)23-39(31)51-5)36-17-9-29(21-32(45)13-8-28)22-37(36)40(47)30-10-14-34(49-3)15-11-30/h7,9-12,14-17,22-23,32-33,38,44-46,48H,6,8,13,18-21,24-27H2,1-5H3/t32-,33-,38-,41-,42+/m0/s1. The Balaban J connectivity index is 1.58. The van der Waals surface area contributed by atoms with Gasteiger partial charge in [-0.3, -0.25) is 9.69 Å². The van der Waals surface area contributed by atoms with Crippen molar-refractivity contribution in [3.05, 3.63) is 100 Å². The normalized spacial score (nSPS) is 24.4. The van der Waals surface area contributed by atoms with Crippen molar-refractivity contribution in [1.29, 1.82) is 0 Å². The molecule has 2 bridgehead atoms. The van der Waals surface area contributed by atoms with Gasteiger partial charge >= 0.3 is 0 Å². The van der Waals surface area contributed by atoms with E-state index in [1.807, 2.05) is 41.3 Å². The highest BCUT2D eigenvalue weighted by atomic mass is 16.5. The molecule has 51 heavy (non-hydrogen) atoms. The summed E-state index contributed by atoms with van der Waals surface area (Å²) in [6.07, 6.45) is 5.04. The van der Waals surface area contributed by atoms with Crippen LogP contribution in [-0.2, 0) is 13.0 Å². The van der Waals surface area contributed by atoms with E-state index in [-0.39, 0.29) is 24.8 Å². The van der Waals surface area contributed by atoms with Gasteiger partial charge in [0.15, 0.2) is 5.78 Å². The van der Waals surface area contributed by atoms with Gasteiger partial charge in [-0.15, -0.1) is 0 Å². The van der Waals surface area contributed by atoms with Crippen LogP contribution in [0.4, 0.5) is 0 Å². The molecule has 0 amide bonds. The van der Waals surface area contributed by atoms with Crippen LogP contribution >= 0.6 is 0 Å². The molecule has 3 aromatic rings. The van der Waals surface area contributed by atoms with Gasteiger partial charge in [0.1, 0.15) is 17.2 Å². The Morgan fingerprint density at radius 2 is 1.69 bits per heavy atom. The molecular formula is C42H55NO8. The fourth-order valence-electron chi connectivity index (χ4n) is 8.23. The molecule has 0 heterocycles. The number of ether oxygens (including phenoxy) is 3. The fraction of sp³-hybridized carbons (Fsp3) is 0.500. The molecule has 3 aliphatic carbocycles. The minimum absolute atomic E-state index is 0.107. The van der Waals surface area contributed by atoms with Crippen molar-refractivity contribution in [1.82, 2.24) is 4.90 Å². The van der Waals surface area contributed by atoms with Crippen LogP contribution in [0, 0.1) is 5.41 Å². The average molecular weight is 702 g/mol. The van der Waals surface area contributed by atoms with E-state index in [1.165, 1.54) is 5.57 Å². The summed E-state index contributed by atoms with van der Waals surface area (Å²) in [5, 5.41) is 44.4. The lowest BCUT2D eigenvalue weighted by Gasteiger charge is -2.46. The van der Waals surface area contributed by atoms with Crippen molar-refractivity contribution in [2.75, 3.05) is 41.0 Å². The summed E-state index contributed by atoms with van der Waals surface area (Å²) in [4.78, 5) is 16.4. The number of hydrogen-bond donors (Lipinski definition) is 4. The first kappa shape index (κ1) is 38.5. The molecule has 9 nitrogen and oxygen atoms in total. The summed E-state index contributed by atoms with van der Waals surface area (Å²) < 4.78 is 16.4. The molecule has 6 rings (SSSR count). The molecule has 0 spiro atoms. The summed E-state index contributed by atoms with van der Waals surface area (Å²) >= 11 is 0. The largest absolute Gasteiger partial charge is 0.497 e. The molecule has 3 aromatic carbocycles. The van der Waals surface area contributed by atoms with Crippen LogP contribution in [0.15, 0.2) is 72.3 Å². The first-order valence-corrected chi connectivity index (χ1v) is 18.0. The first-order valence-electron chi connectivity index (χ1n) is 18.0. The highest BCUT2D eigenvalue weighted by molar-refractivity contribution is 6.10. The molecule has 4 N–H and O–H groups in total. The fourth-order valence-corrected chi connectivity index (χ4v) is 8.23. The van der Waals surface area contributed by atoms with Crippen LogP contribution in [0.3, 0.4) is 0 Å². The Morgan fingerprint density at radius 1 is 0.961 bits per heavy atom. The molecule has 0 radical (unpaired) electrons. The molecular weight excluding hydrogens is 646 g/mol. The predicted molar refractivity (Wildman–Crippen MR) is 198 cm³/mol. The van der Waals surface area contributed by atoms with E-state index in [9.17, 15) is 25.2 Å². The first-order chi connectivity index (χ1) is 24.4. The van der Waals surface area contributed by atoms with Gasteiger partial charge in [0.25, 0.3) is 0 Å². The minimum Gasteiger partial charge on any atom is -0.497 e. The molecule has 0 saturated heterocycles. The maximum absolute atomic E-state index is 14.4. The van der Waals surface area contributed by atoms with E-state index < -0.39 is 29.8 Å². The SMILES string of the molecule is COc1ccc(C(=O)c2cc3ccc2[C@@H]2CC[C@@](O)(CN(Cc4ccc(OC)cc4OC)C[C@H](O)CO)[C@@]2(C)CCC=C(C)CC[C@H](O)C3)cc1. The van der Waals surface area contributed by atoms with E-state index in [4.69, 9.17) is 14.2 Å². The highest BCUT2D eigenvalue weighted by Crippen LogP contribution is 2.59. The number of rotatable bonds is 12. The van der Waals surface area contributed by atoms with Crippen LogP contribution in [0.1, 0.15) is 90.9 Å². The number of allylic oxidation sites excluding steroid dienone is 2. The second kappa shape index (κ2) is 16.7. The zero-order valence-corrected chi connectivity index (χ0v) is 30.7. The van der Waals surface area contributed by atoms with Gasteiger partial charge in [-0.05, 0) is 105 Å². The third kappa shape index (κ3) is 8.67. The number of hydrogen-bond acceptors (Lipinski definition) is 9. The van der Waals surface area contributed by atoms with Gasteiger partial charge in [0, 0.05) is 47.8 Å². The summed E-state index contributed by atoms with van der Waals surface area (Å²) in [6.45, 7) is 4.58. The third-order valence-electron chi connectivity index (χ3n) is 11.3. The van der Waals surface area contributed by atoms with Crippen molar-refractivity contribution >= 4 is 5.78 Å². The number of carbonyl (C=O) groups excluding carboxylic acids is 1. The monoisotopic (exact) mass is 701 g/mol. The van der Waals surface area contributed by atoms with E-state index in [2.05, 4.69) is 19.9 Å². The topological polar surface area (TPSA) is 129 Å². The van der Waals surface area contributed by atoms with Gasteiger partial charge in [-0.2, -0.15) is 0 Å². The number of nitrogens with zero attached hydrogens (tertiary/aromatic N) is 1. The van der Waals surface area contributed by atoms with Crippen molar-refractivity contribution in [2.45, 2.75) is 89.1 Å². The van der Waals surface area contributed by atoms with Gasteiger partial charge in [-0.25, -0.2) is 0 Å². The molecule has 3 aliphatic rings. The Hall–Kier alpha value is -3.73. The summed E-state index contributed by atoms with van der Waals surface area (Å²) in [5.74, 6) is 1.69. The number of methoxy groups -OCH3 is 3. The molecule has 0 aromatic heterocycles. The quantitative estimate of drug-likeness (QED) is 0.136. The smallest absolute Gasteiger partial charge is 0.193 e. The Morgan fingerprint density at radius 3 is 2.37 bits per heavy atom. The van der Waals surface area contributed by atoms with Crippen molar-refractivity contribution in [3.8, 4) is 17.2 Å². The summed E-state index contributed by atoms with van der Waals surface area (Å²) in [5.41, 5.74) is 3.11.